The number of ketones is 1. The van der Waals surface area contributed by atoms with Gasteiger partial charge in [-0.25, -0.2) is 0 Å². The molecular formula is C9H13ClO. The van der Waals surface area contributed by atoms with E-state index in [-0.39, 0.29) is 11.2 Å². The predicted molar refractivity (Wildman–Crippen MR) is 46.8 cm³/mol. The fourth-order valence-corrected chi connectivity index (χ4v) is 1.94. The van der Waals surface area contributed by atoms with Crippen molar-refractivity contribution in [3.05, 3.63) is 11.6 Å². The summed E-state index contributed by atoms with van der Waals surface area (Å²) in [6.45, 7) is 3.74. The summed E-state index contributed by atoms with van der Waals surface area (Å²) in [7, 11) is 0. The van der Waals surface area contributed by atoms with E-state index in [0.717, 1.165) is 18.4 Å². The largest absolute Gasteiger partial charge is 0.295 e. The summed E-state index contributed by atoms with van der Waals surface area (Å²) in [4.78, 5) is 11.0. The quantitative estimate of drug-likeness (QED) is 0.556. The second-order valence-electron chi connectivity index (χ2n) is 3.26. The van der Waals surface area contributed by atoms with Gasteiger partial charge in [0.25, 0.3) is 0 Å². The molecule has 0 spiro atoms. The lowest BCUT2D eigenvalue weighted by atomic mass is 9.89. The van der Waals surface area contributed by atoms with Crippen LogP contribution in [0.2, 0.25) is 0 Å². The molecule has 0 aliphatic heterocycles. The molecule has 62 valence electrons. The topological polar surface area (TPSA) is 17.1 Å². The number of carbonyl (C=O) groups is 1. The van der Waals surface area contributed by atoms with Crippen LogP contribution in [0.4, 0.5) is 0 Å². The summed E-state index contributed by atoms with van der Waals surface area (Å²) >= 11 is 5.98. The van der Waals surface area contributed by atoms with E-state index in [2.05, 4.69) is 6.92 Å². The van der Waals surface area contributed by atoms with E-state index in [1.807, 2.05) is 6.08 Å². The van der Waals surface area contributed by atoms with Gasteiger partial charge in [0, 0.05) is 5.57 Å². The highest BCUT2D eigenvalue weighted by molar-refractivity contribution is 6.25. The highest BCUT2D eigenvalue weighted by Crippen LogP contribution is 2.27. The molecule has 0 aromatic rings. The molecule has 0 aromatic heterocycles. The van der Waals surface area contributed by atoms with Crippen molar-refractivity contribution in [1.82, 2.24) is 0 Å². The molecule has 0 aromatic carbocycles. The molecule has 0 saturated carbocycles. The number of hydrogen-bond donors (Lipinski definition) is 0. The van der Waals surface area contributed by atoms with Gasteiger partial charge < -0.3 is 0 Å². The number of hydrogen-bond acceptors (Lipinski definition) is 1. The Balaban J connectivity index is 2.72. The first kappa shape index (κ1) is 8.79. The maximum Gasteiger partial charge on any atom is 0.156 e. The SMILES string of the molecule is CC(=O)C1=CC[C@@H](C)C[C@H]1Cl. The van der Waals surface area contributed by atoms with E-state index in [9.17, 15) is 4.79 Å². The van der Waals surface area contributed by atoms with E-state index < -0.39 is 0 Å². The number of rotatable bonds is 1. The number of carbonyl (C=O) groups excluding carboxylic acids is 1. The molecule has 0 unspecified atom stereocenters. The number of alkyl halides is 1. The smallest absolute Gasteiger partial charge is 0.156 e. The van der Waals surface area contributed by atoms with Crippen LogP contribution in [0, 0.1) is 5.92 Å². The van der Waals surface area contributed by atoms with E-state index >= 15 is 0 Å². The standard InChI is InChI=1S/C9H13ClO/c1-6-3-4-8(7(2)11)9(10)5-6/h4,6,9H,3,5H2,1-2H3/t6-,9-/m1/s1. The molecule has 0 saturated heterocycles. The van der Waals surface area contributed by atoms with Gasteiger partial charge in [0.2, 0.25) is 0 Å². The van der Waals surface area contributed by atoms with Crippen LogP contribution in [0.1, 0.15) is 26.7 Å². The van der Waals surface area contributed by atoms with E-state index in [1.165, 1.54) is 0 Å². The third-order valence-electron chi connectivity index (χ3n) is 2.09. The van der Waals surface area contributed by atoms with Crippen LogP contribution in [-0.2, 0) is 4.79 Å². The zero-order chi connectivity index (χ0) is 8.43. The maximum absolute atomic E-state index is 11.0. The van der Waals surface area contributed by atoms with Crippen molar-refractivity contribution >= 4 is 17.4 Å². The molecule has 11 heavy (non-hydrogen) atoms. The molecule has 0 radical (unpaired) electrons. The normalized spacial score (nSPS) is 31.4. The Kier molecular flexibility index (Phi) is 2.72. The highest BCUT2D eigenvalue weighted by atomic mass is 35.5. The van der Waals surface area contributed by atoms with Crippen LogP contribution in [-0.4, -0.2) is 11.2 Å². The minimum Gasteiger partial charge on any atom is -0.295 e. The van der Waals surface area contributed by atoms with E-state index in [1.54, 1.807) is 6.92 Å². The lowest BCUT2D eigenvalue weighted by Crippen LogP contribution is -2.18. The average Bonchev–Trinajstić information content (AvgIpc) is 1.85. The van der Waals surface area contributed by atoms with Crippen molar-refractivity contribution in [3.8, 4) is 0 Å². The molecule has 1 nitrogen and oxygen atoms in total. The molecule has 1 aliphatic rings. The Labute approximate surface area is 72.4 Å². The molecule has 1 aliphatic carbocycles. The van der Waals surface area contributed by atoms with Gasteiger partial charge in [-0.15, -0.1) is 11.6 Å². The summed E-state index contributed by atoms with van der Waals surface area (Å²) < 4.78 is 0. The summed E-state index contributed by atoms with van der Waals surface area (Å²) in [5, 5.41) is -0.0451. The van der Waals surface area contributed by atoms with Crippen molar-refractivity contribution in [2.45, 2.75) is 32.1 Å². The molecule has 0 N–H and O–H groups in total. The van der Waals surface area contributed by atoms with Gasteiger partial charge in [0.15, 0.2) is 5.78 Å². The third kappa shape index (κ3) is 2.06. The summed E-state index contributed by atoms with van der Waals surface area (Å²) in [5.74, 6) is 0.748. The molecule has 2 atom stereocenters. The first-order valence-corrected chi connectivity index (χ1v) is 4.40. The summed E-state index contributed by atoms with van der Waals surface area (Å²) in [6.07, 6.45) is 3.92. The molecule has 0 fully saturated rings. The zero-order valence-electron chi connectivity index (χ0n) is 6.93. The molecule has 0 heterocycles. The van der Waals surface area contributed by atoms with Gasteiger partial charge in [-0.2, -0.15) is 0 Å². The number of allylic oxidation sites excluding steroid dienone is 2. The van der Waals surface area contributed by atoms with Gasteiger partial charge in [-0.1, -0.05) is 13.0 Å². The fraction of sp³-hybridized carbons (Fsp3) is 0.667. The lowest BCUT2D eigenvalue weighted by Gasteiger charge is -2.21. The lowest BCUT2D eigenvalue weighted by molar-refractivity contribution is -0.113. The van der Waals surface area contributed by atoms with E-state index in [4.69, 9.17) is 11.6 Å². The van der Waals surface area contributed by atoms with Crippen molar-refractivity contribution in [3.63, 3.8) is 0 Å². The van der Waals surface area contributed by atoms with Gasteiger partial charge in [-0.05, 0) is 25.7 Å². The van der Waals surface area contributed by atoms with Gasteiger partial charge in [0.05, 0.1) is 5.38 Å². The van der Waals surface area contributed by atoms with Crippen LogP contribution in [0.3, 0.4) is 0 Å². The predicted octanol–water partition coefficient (Wildman–Crippen LogP) is 2.54. The van der Waals surface area contributed by atoms with Gasteiger partial charge in [-0.3, -0.25) is 4.79 Å². The number of Topliss-reactive ketones (excluding diaryl/α,β-unsaturated/α-hetero) is 1. The zero-order valence-corrected chi connectivity index (χ0v) is 7.69. The molecule has 1 rings (SSSR count). The third-order valence-corrected chi connectivity index (χ3v) is 2.51. The van der Waals surface area contributed by atoms with Gasteiger partial charge in [0.1, 0.15) is 0 Å². The Bertz CT molecular complexity index is 196. The number of halogens is 1. The van der Waals surface area contributed by atoms with E-state index in [0.29, 0.717) is 5.92 Å². The summed E-state index contributed by atoms with van der Waals surface area (Å²) in [6, 6.07) is 0. The van der Waals surface area contributed by atoms with Crippen molar-refractivity contribution < 1.29 is 4.79 Å². The minimum absolute atomic E-state index is 0.0451. The Morgan fingerprint density at radius 2 is 2.36 bits per heavy atom. The van der Waals surface area contributed by atoms with Crippen molar-refractivity contribution in [2.75, 3.05) is 0 Å². The Morgan fingerprint density at radius 1 is 1.73 bits per heavy atom. The Hall–Kier alpha value is -0.300. The molecule has 0 amide bonds. The van der Waals surface area contributed by atoms with Crippen LogP contribution < -0.4 is 0 Å². The van der Waals surface area contributed by atoms with Crippen LogP contribution >= 0.6 is 11.6 Å². The first-order valence-electron chi connectivity index (χ1n) is 3.96. The van der Waals surface area contributed by atoms with Crippen LogP contribution in [0.15, 0.2) is 11.6 Å². The second-order valence-corrected chi connectivity index (χ2v) is 3.79. The van der Waals surface area contributed by atoms with Crippen LogP contribution in [0.25, 0.3) is 0 Å². The first-order chi connectivity index (χ1) is 5.11. The highest BCUT2D eigenvalue weighted by Gasteiger charge is 2.21. The molecule has 2 heteroatoms. The minimum atomic E-state index is -0.0451. The van der Waals surface area contributed by atoms with Crippen molar-refractivity contribution in [1.29, 1.82) is 0 Å². The monoisotopic (exact) mass is 172 g/mol. The van der Waals surface area contributed by atoms with Crippen molar-refractivity contribution in [2.24, 2.45) is 5.92 Å². The van der Waals surface area contributed by atoms with Gasteiger partial charge >= 0.3 is 0 Å². The fourth-order valence-electron chi connectivity index (χ4n) is 1.40. The summed E-state index contributed by atoms with van der Waals surface area (Å²) in [5.41, 5.74) is 0.810. The van der Waals surface area contributed by atoms with Crippen LogP contribution in [0.5, 0.6) is 0 Å². The maximum atomic E-state index is 11.0. The molecule has 0 bridgehead atoms. The second kappa shape index (κ2) is 3.40. The molecular weight excluding hydrogens is 160 g/mol. The average molecular weight is 173 g/mol. The Morgan fingerprint density at radius 3 is 2.82 bits per heavy atom.